The molecule has 1 heterocycles. The van der Waals surface area contributed by atoms with E-state index in [1.165, 1.54) is 6.20 Å². The number of nitrogens with zero attached hydrogens (tertiary/aromatic N) is 1. The van der Waals surface area contributed by atoms with Gasteiger partial charge in [0.2, 0.25) is 0 Å². The fraction of sp³-hybridized carbons (Fsp3) is 0.200. The number of benzene rings is 2. The Morgan fingerprint density at radius 2 is 1.83 bits per heavy atom. The van der Waals surface area contributed by atoms with Crippen LogP contribution in [-0.4, -0.2) is 42.2 Å². The van der Waals surface area contributed by atoms with Crippen molar-refractivity contribution in [3.8, 4) is 5.75 Å². The van der Waals surface area contributed by atoms with Gasteiger partial charge in [-0.25, -0.2) is 4.98 Å². The van der Waals surface area contributed by atoms with Crippen LogP contribution in [0.5, 0.6) is 5.75 Å². The van der Waals surface area contributed by atoms with Crippen LogP contribution in [0.25, 0.3) is 0 Å². The van der Waals surface area contributed by atoms with Crippen LogP contribution in [-0.2, 0) is 0 Å². The number of carbonyl (C=O) groups is 2. The second kappa shape index (κ2) is 12.5. The third kappa shape index (κ3) is 7.53. The van der Waals surface area contributed by atoms with Gasteiger partial charge in [0.15, 0.2) is 0 Å². The van der Waals surface area contributed by atoms with Gasteiger partial charge in [0.05, 0.1) is 35.0 Å². The molecule has 9 nitrogen and oxygen atoms in total. The number of ether oxygens (including phenoxy) is 1. The summed E-state index contributed by atoms with van der Waals surface area (Å²) in [7, 11) is 0. The van der Waals surface area contributed by atoms with E-state index in [1.54, 1.807) is 61.5 Å². The van der Waals surface area contributed by atoms with Gasteiger partial charge in [0, 0.05) is 23.7 Å². The van der Waals surface area contributed by atoms with Gasteiger partial charge in [-0.15, -0.1) is 0 Å². The summed E-state index contributed by atoms with van der Waals surface area (Å²) in [6, 6.07) is 14.9. The van der Waals surface area contributed by atoms with Gasteiger partial charge in [0.1, 0.15) is 11.6 Å². The molecule has 182 valence electrons. The highest BCUT2D eigenvalue weighted by atomic mass is 35.5. The minimum Gasteiger partial charge on any atom is -0.493 e. The average molecular weight is 495 g/mol. The van der Waals surface area contributed by atoms with E-state index in [4.69, 9.17) is 27.5 Å². The van der Waals surface area contributed by atoms with Crippen LogP contribution in [0.2, 0.25) is 5.02 Å². The van der Waals surface area contributed by atoms with Crippen molar-refractivity contribution in [1.29, 1.82) is 5.41 Å². The highest BCUT2D eigenvalue weighted by Crippen LogP contribution is 2.26. The second-order valence-corrected chi connectivity index (χ2v) is 8.09. The van der Waals surface area contributed by atoms with Crippen LogP contribution in [0.3, 0.4) is 0 Å². The summed E-state index contributed by atoms with van der Waals surface area (Å²) in [5.74, 6) is -0.167. The van der Waals surface area contributed by atoms with Crippen LogP contribution in [0, 0.1) is 5.41 Å². The van der Waals surface area contributed by atoms with Gasteiger partial charge < -0.3 is 31.8 Å². The first-order chi connectivity index (χ1) is 16.9. The molecule has 0 saturated heterocycles. The molecule has 2 amide bonds. The summed E-state index contributed by atoms with van der Waals surface area (Å²) in [5.41, 5.74) is 7.65. The summed E-state index contributed by atoms with van der Waals surface area (Å²) >= 11 is 5.85. The first-order valence-electron chi connectivity index (χ1n) is 11.0. The predicted octanol–water partition coefficient (Wildman–Crippen LogP) is 4.42. The summed E-state index contributed by atoms with van der Waals surface area (Å²) < 4.78 is 5.82. The van der Waals surface area contributed by atoms with Crippen molar-refractivity contribution in [1.82, 2.24) is 4.98 Å². The molecule has 0 aliphatic heterocycles. The molecule has 0 aliphatic rings. The molecule has 3 aromatic rings. The van der Waals surface area contributed by atoms with E-state index in [2.05, 4.69) is 20.9 Å². The second-order valence-electron chi connectivity index (χ2n) is 7.65. The van der Waals surface area contributed by atoms with E-state index in [9.17, 15) is 9.59 Å². The molecule has 2 aromatic carbocycles. The quantitative estimate of drug-likeness (QED) is 0.197. The lowest BCUT2D eigenvalue weighted by Crippen LogP contribution is -2.19. The number of nitrogens with two attached hydrogens (primary N) is 1. The lowest BCUT2D eigenvalue weighted by atomic mass is 10.1. The number of halogens is 1. The molecule has 0 aliphatic carbocycles. The number of hydrogen-bond acceptors (Lipinski definition) is 7. The minimum absolute atomic E-state index is 0.267. The molecule has 6 N–H and O–H groups in total. The number of aromatic nitrogens is 1. The largest absolute Gasteiger partial charge is 0.493 e. The van der Waals surface area contributed by atoms with Crippen LogP contribution in [0.4, 0.5) is 17.2 Å². The maximum atomic E-state index is 13.2. The van der Waals surface area contributed by atoms with Gasteiger partial charge >= 0.3 is 0 Å². The van der Waals surface area contributed by atoms with Gasteiger partial charge in [0.25, 0.3) is 11.8 Å². The molecule has 0 bridgehead atoms. The molecule has 35 heavy (non-hydrogen) atoms. The van der Waals surface area contributed by atoms with Crippen molar-refractivity contribution in [2.75, 3.05) is 35.6 Å². The Morgan fingerprint density at radius 3 is 2.54 bits per heavy atom. The molecule has 0 saturated carbocycles. The monoisotopic (exact) mass is 494 g/mol. The van der Waals surface area contributed by atoms with Gasteiger partial charge in [-0.2, -0.15) is 0 Å². The Bertz CT molecular complexity index is 1200. The van der Waals surface area contributed by atoms with Crippen molar-refractivity contribution >= 4 is 46.3 Å². The number of pyridine rings is 1. The van der Waals surface area contributed by atoms with Crippen LogP contribution in [0.1, 0.15) is 34.1 Å². The number of anilines is 3. The molecule has 0 fully saturated rings. The molecule has 3 rings (SSSR count). The van der Waals surface area contributed by atoms with E-state index in [0.717, 1.165) is 0 Å². The molecular weight excluding hydrogens is 468 g/mol. The number of hydrogen-bond donors (Lipinski definition) is 5. The van der Waals surface area contributed by atoms with Gasteiger partial charge in [-0.1, -0.05) is 23.7 Å². The summed E-state index contributed by atoms with van der Waals surface area (Å²) in [4.78, 5) is 30.1. The molecular formula is C25H27ClN6O3. The highest BCUT2D eigenvalue weighted by molar-refractivity contribution is 6.30. The van der Waals surface area contributed by atoms with Crippen LogP contribution < -0.4 is 26.4 Å². The first kappa shape index (κ1) is 25.7. The standard InChI is InChI=1S/C25H27ClN6O3/c1-16(28)14-29-18-8-9-20(22(13-18)35-12-4-11-27)25(34)31-21-6-3-2-5-19(21)24(33)32-23-10-7-17(26)15-30-23/h2-3,5-10,13,15,28-29H,4,11-12,14,27H2,1H3,(H,31,34)(H,30,32,33). The number of amides is 2. The van der Waals surface area contributed by atoms with Crippen molar-refractivity contribution in [2.24, 2.45) is 5.73 Å². The first-order valence-corrected chi connectivity index (χ1v) is 11.3. The highest BCUT2D eigenvalue weighted by Gasteiger charge is 2.18. The van der Waals surface area contributed by atoms with Crippen molar-refractivity contribution in [2.45, 2.75) is 13.3 Å². The zero-order chi connectivity index (χ0) is 25.2. The lowest BCUT2D eigenvalue weighted by molar-refractivity contribution is 0.102. The molecule has 0 radical (unpaired) electrons. The number of rotatable bonds is 11. The third-order valence-electron chi connectivity index (χ3n) is 4.78. The third-order valence-corrected chi connectivity index (χ3v) is 5.00. The SMILES string of the molecule is CC(=N)CNc1ccc(C(=O)Nc2ccccc2C(=O)Nc2ccc(Cl)cn2)c(OCCCN)c1. The fourth-order valence-electron chi connectivity index (χ4n) is 3.05. The Kier molecular flexibility index (Phi) is 9.16. The minimum atomic E-state index is -0.438. The van der Waals surface area contributed by atoms with E-state index in [-0.39, 0.29) is 5.56 Å². The Morgan fingerprint density at radius 1 is 1.06 bits per heavy atom. The van der Waals surface area contributed by atoms with Crippen molar-refractivity contribution in [3.63, 3.8) is 0 Å². The van der Waals surface area contributed by atoms with Crippen LogP contribution in [0.15, 0.2) is 60.8 Å². The molecule has 0 spiro atoms. The van der Waals surface area contributed by atoms with Crippen molar-refractivity contribution < 1.29 is 14.3 Å². The predicted molar refractivity (Wildman–Crippen MR) is 139 cm³/mol. The number of nitrogens with one attached hydrogen (secondary N) is 4. The Labute approximate surface area is 208 Å². The molecule has 1 aromatic heterocycles. The topological polar surface area (TPSA) is 142 Å². The van der Waals surface area contributed by atoms with Gasteiger partial charge in [-0.3, -0.25) is 9.59 Å². The summed E-state index contributed by atoms with van der Waals surface area (Å²) in [6.07, 6.45) is 2.05. The number of para-hydroxylation sites is 1. The smallest absolute Gasteiger partial charge is 0.259 e. The lowest BCUT2D eigenvalue weighted by Gasteiger charge is -2.15. The zero-order valence-electron chi connectivity index (χ0n) is 19.2. The van der Waals surface area contributed by atoms with Crippen molar-refractivity contribution in [3.05, 3.63) is 76.9 Å². The zero-order valence-corrected chi connectivity index (χ0v) is 20.0. The van der Waals surface area contributed by atoms with E-state index >= 15 is 0 Å². The molecule has 0 unspecified atom stereocenters. The Hall–Kier alpha value is -3.95. The molecule has 10 heteroatoms. The summed E-state index contributed by atoms with van der Waals surface area (Å²) in [5, 5.41) is 16.7. The normalized spacial score (nSPS) is 10.4. The number of carbonyl (C=O) groups excluding carboxylic acids is 2. The molecule has 0 atom stereocenters. The van der Waals surface area contributed by atoms with E-state index in [1.807, 2.05) is 0 Å². The summed E-state index contributed by atoms with van der Waals surface area (Å²) in [6.45, 7) is 2.87. The Balaban J connectivity index is 1.81. The van der Waals surface area contributed by atoms with Crippen LogP contribution >= 0.6 is 11.6 Å². The average Bonchev–Trinajstić information content (AvgIpc) is 2.84. The van der Waals surface area contributed by atoms with E-state index in [0.29, 0.717) is 65.4 Å². The van der Waals surface area contributed by atoms with E-state index < -0.39 is 11.8 Å². The fourth-order valence-corrected chi connectivity index (χ4v) is 3.16. The maximum absolute atomic E-state index is 13.2. The van der Waals surface area contributed by atoms with Gasteiger partial charge in [-0.05, 0) is 56.3 Å². The maximum Gasteiger partial charge on any atom is 0.259 e.